The van der Waals surface area contributed by atoms with Crippen LogP contribution in [0.4, 0.5) is 0 Å². The first-order valence-electron chi connectivity index (χ1n) is 5.04. The molecule has 0 unspecified atom stereocenters. The fraction of sp³-hybridized carbons (Fsp3) is 0.455. The molecule has 0 heterocycles. The molecule has 0 radical (unpaired) electrons. The van der Waals surface area contributed by atoms with E-state index < -0.39 is 0 Å². The molecule has 82 valence electrons. The zero-order chi connectivity index (χ0) is 10.8. The van der Waals surface area contributed by atoms with E-state index in [1.54, 1.807) is 18.2 Å². The fourth-order valence-electron chi connectivity index (χ4n) is 1.72. The SMILES string of the molecule is Oc1cccc(Cl)c1CNC1CC(O)C1. The van der Waals surface area contributed by atoms with Gasteiger partial charge in [-0.25, -0.2) is 0 Å². The van der Waals surface area contributed by atoms with Crippen LogP contribution in [0.3, 0.4) is 0 Å². The van der Waals surface area contributed by atoms with Crippen molar-refractivity contribution in [3.63, 3.8) is 0 Å². The standard InChI is InChI=1S/C11H14ClNO2/c12-10-2-1-3-11(15)9(10)6-13-7-4-8(14)5-7/h1-3,7-8,13-15H,4-6H2. The quantitative estimate of drug-likeness (QED) is 0.736. The van der Waals surface area contributed by atoms with Crippen LogP contribution in [-0.2, 0) is 6.54 Å². The van der Waals surface area contributed by atoms with Crippen LogP contribution < -0.4 is 5.32 Å². The minimum atomic E-state index is -0.164. The molecule has 0 spiro atoms. The Kier molecular flexibility index (Phi) is 3.14. The Labute approximate surface area is 93.7 Å². The van der Waals surface area contributed by atoms with Crippen LogP contribution >= 0.6 is 11.6 Å². The largest absolute Gasteiger partial charge is 0.508 e. The molecule has 3 N–H and O–H groups in total. The second-order valence-corrected chi connectivity index (χ2v) is 4.35. The summed E-state index contributed by atoms with van der Waals surface area (Å²) in [5.74, 6) is 0.217. The molecule has 1 saturated carbocycles. The van der Waals surface area contributed by atoms with Gasteiger partial charge < -0.3 is 15.5 Å². The summed E-state index contributed by atoms with van der Waals surface area (Å²) >= 11 is 5.95. The van der Waals surface area contributed by atoms with Gasteiger partial charge in [-0.05, 0) is 25.0 Å². The molecule has 1 aliphatic carbocycles. The van der Waals surface area contributed by atoms with Crippen molar-refractivity contribution in [3.8, 4) is 5.75 Å². The molecule has 0 aliphatic heterocycles. The van der Waals surface area contributed by atoms with Crippen molar-refractivity contribution in [1.82, 2.24) is 5.32 Å². The number of halogens is 1. The van der Waals surface area contributed by atoms with Gasteiger partial charge in [-0.3, -0.25) is 0 Å². The van der Waals surface area contributed by atoms with Crippen molar-refractivity contribution in [2.45, 2.75) is 31.5 Å². The molecule has 1 aromatic rings. The van der Waals surface area contributed by atoms with E-state index in [0.717, 1.165) is 18.4 Å². The maximum atomic E-state index is 9.57. The number of rotatable bonds is 3. The van der Waals surface area contributed by atoms with Gasteiger partial charge in [-0.2, -0.15) is 0 Å². The van der Waals surface area contributed by atoms with Crippen LogP contribution in [0.1, 0.15) is 18.4 Å². The summed E-state index contributed by atoms with van der Waals surface area (Å²) in [5.41, 5.74) is 0.723. The van der Waals surface area contributed by atoms with E-state index in [1.807, 2.05) is 0 Å². The number of nitrogens with one attached hydrogen (secondary N) is 1. The minimum Gasteiger partial charge on any atom is -0.508 e. The highest BCUT2D eigenvalue weighted by Gasteiger charge is 2.26. The highest BCUT2D eigenvalue weighted by molar-refractivity contribution is 6.31. The van der Waals surface area contributed by atoms with E-state index in [1.165, 1.54) is 0 Å². The van der Waals surface area contributed by atoms with Crippen LogP contribution in [0.2, 0.25) is 5.02 Å². The van der Waals surface area contributed by atoms with E-state index in [-0.39, 0.29) is 11.9 Å². The van der Waals surface area contributed by atoms with Crippen molar-refractivity contribution in [2.24, 2.45) is 0 Å². The van der Waals surface area contributed by atoms with E-state index in [4.69, 9.17) is 16.7 Å². The molecule has 0 atom stereocenters. The Morgan fingerprint density at radius 1 is 1.40 bits per heavy atom. The van der Waals surface area contributed by atoms with Gasteiger partial charge in [-0.15, -0.1) is 0 Å². The molecule has 0 saturated heterocycles. The van der Waals surface area contributed by atoms with E-state index in [2.05, 4.69) is 5.32 Å². The Bertz CT molecular complexity index is 330. The number of phenolic OH excluding ortho intramolecular Hbond substituents is 1. The zero-order valence-corrected chi connectivity index (χ0v) is 9.04. The van der Waals surface area contributed by atoms with E-state index in [9.17, 15) is 5.11 Å². The Morgan fingerprint density at radius 3 is 2.73 bits per heavy atom. The topological polar surface area (TPSA) is 52.5 Å². The predicted molar refractivity (Wildman–Crippen MR) is 59.0 cm³/mol. The number of aromatic hydroxyl groups is 1. The van der Waals surface area contributed by atoms with Crippen molar-refractivity contribution < 1.29 is 10.2 Å². The highest BCUT2D eigenvalue weighted by Crippen LogP contribution is 2.26. The lowest BCUT2D eigenvalue weighted by atomic mass is 9.89. The molecule has 0 aromatic heterocycles. The molecule has 1 aromatic carbocycles. The van der Waals surface area contributed by atoms with Gasteiger partial charge in [-0.1, -0.05) is 17.7 Å². The number of benzene rings is 1. The maximum Gasteiger partial charge on any atom is 0.121 e. The molecule has 1 fully saturated rings. The zero-order valence-electron chi connectivity index (χ0n) is 8.28. The molecule has 0 amide bonds. The molecule has 15 heavy (non-hydrogen) atoms. The van der Waals surface area contributed by atoms with Gasteiger partial charge in [0.2, 0.25) is 0 Å². The summed E-state index contributed by atoms with van der Waals surface area (Å²) in [6.07, 6.45) is 1.40. The lowest BCUT2D eigenvalue weighted by molar-refractivity contribution is 0.0619. The molecule has 2 rings (SSSR count). The van der Waals surface area contributed by atoms with Crippen LogP contribution in [0.5, 0.6) is 5.75 Å². The van der Waals surface area contributed by atoms with E-state index >= 15 is 0 Å². The Hall–Kier alpha value is -0.770. The third-order valence-electron chi connectivity index (χ3n) is 2.77. The highest BCUT2D eigenvalue weighted by atomic mass is 35.5. The van der Waals surface area contributed by atoms with Gasteiger partial charge in [0.1, 0.15) is 5.75 Å². The van der Waals surface area contributed by atoms with Crippen LogP contribution in [0.15, 0.2) is 18.2 Å². The summed E-state index contributed by atoms with van der Waals surface area (Å²) < 4.78 is 0. The van der Waals surface area contributed by atoms with Crippen molar-refractivity contribution in [3.05, 3.63) is 28.8 Å². The second-order valence-electron chi connectivity index (χ2n) is 3.94. The van der Waals surface area contributed by atoms with Crippen LogP contribution in [0.25, 0.3) is 0 Å². The number of hydrogen-bond acceptors (Lipinski definition) is 3. The van der Waals surface area contributed by atoms with Crippen LogP contribution in [-0.4, -0.2) is 22.4 Å². The monoisotopic (exact) mass is 227 g/mol. The lowest BCUT2D eigenvalue weighted by Gasteiger charge is -2.32. The second kappa shape index (κ2) is 4.39. The first-order valence-corrected chi connectivity index (χ1v) is 5.42. The van der Waals surface area contributed by atoms with E-state index in [0.29, 0.717) is 17.6 Å². The molecule has 0 bridgehead atoms. The summed E-state index contributed by atoms with van der Waals surface area (Å²) in [7, 11) is 0. The smallest absolute Gasteiger partial charge is 0.121 e. The summed E-state index contributed by atoms with van der Waals surface area (Å²) in [6.45, 7) is 0.545. The maximum absolute atomic E-state index is 9.57. The van der Waals surface area contributed by atoms with Gasteiger partial charge >= 0.3 is 0 Å². The summed E-state index contributed by atoms with van der Waals surface area (Å²) in [4.78, 5) is 0. The average Bonchev–Trinajstić information content (AvgIpc) is 2.14. The first kappa shape index (κ1) is 10.7. The van der Waals surface area contributed by atoms with Crippen molar-refractivity contribution >= 4 is 11.6 Å². The van der Waals surface area contributed by atoms with Crippen molar-refractivity contribution in [2.75, 3.05) is 0 Å². The number of hydrogen-bond donors (Lipinski definition) is 3. The van der Waals surface area contributed by atoms with Crippen LogP contribution in [0, 0.1) is 0 Å². The predicted octanol–water partition coefficient (Wildman–Crippen LogP) is 1.66. The van der Waals surface area contributed by atoms with Crippen molar-refractivity contribution in [1.29, 1.82) is 0 Å². The van der Waals surface area contributed by atoms with Gasteiger partial charge in [0.15, 0.2) is 0 Å². The molecular weight excluding hydrogens is 214 g/mol. The fourth-order valence-corrected chi connectivity index (χ4v) is 1.96. The molecule has 1 aliphatic rings. The summed E-state index contributed by atoms with van der Waals surface area (Å²) in [5, 5.41) is 22.5. The Morgan fingerprint density at radius 2 is 2.13 bits per heavy atom. The number of phenols is 1. The number of aliphatic hydroxyl groups is 1. The van der Waals surface area contributed by atoms with Gasteiger partial charge in [0.05, 0.1) is 6.10 Å². The molecule has 4 heteroatoms. The lowest BCUT2D eigenvalue weighted by Crippen LogP contribution is -2.43. The summed E-state index contributed by atoms with van der Waals surface area (Å²) in [6, 6.07) is 5.44. The first-order chi connectivity index (χ1) is 7.16. The average molecular weight is 228 g/mol. The molecular formula is C11H14ClNO2. The number of aliphatic hydroxyl groups excluding tert-OH is 1. The van der Waals surface area contributed by atoms with Gasteiger partial charge in [0, 0.05) is 23.2 Å². The van der Waals surface area contributed by atoms with Gasteiger partial charge in [0.25, 0.3) is 0 Å². The normalized spacial score (nSPS) is 24.9. The third-order valence-corrected chi connectivity index (χ3v) is 3.13. The minimum absolute atomic E-state index is 0.164. The Balaban J connectivity index is 1.93. The third kappa shape index (κ3) is 2.43. The molecule has 3 nitrogen and oxygen atoms in total.